The van der Waals surface area contributed by atoms with E-state index in [0.29, 0.717) is 25.3 Å². The zero-order chi connectivity index (χ0) is 16.3. The van der Waals surface area contributed by atoms with E-state index in [1.165, 1.54) is 10.6 Å². The summed E-state index contributed by atoms with van der Waals surface area (Å²) in [5.41, 5.74) is 0. The Morgan fingerprint density at radius 3 is 2.86 bits per heavy atom. The van der Waals surface area contributed by atoms with Crippen molar-refractivity contribution in [3.63, 3.8) is 0 Å². The smallest absolute Gasteiger partial charge is 0.231 e. The van der Waals surface area contributed by atoms with Crippen molar-refractivity contribution in [3.05, 3.63) is 6.33 Å². The lowest BCUT2D eigenvalue weighted by atomic mass is 9.99. The van der Waals surface area contributed by atoms with Gasteiger partial charge in [0.2, 0.25) is 21.9 Å². The van der Waals surface area contributed by atoms with Crippen LogP contribution in [0.2, 0.25) is 0 Å². The predicted octanol–water partition coefficient (Wildman–Crippen LogP) is 0.859. The zero-order valence-corrected chi connectivity index (χ0v) is 14.0. The Hall–Kier alpha value is -1.48. The number of hydrogen-bond acceptors (Lipinski definition) is 5. The van der Waals surface area contributed by atoms with Crippen molar-refractivity contribution in [1.29, 1.82) is 0 Å². The fourth-order valence-electron chi connectivity index (χ4n) is 2.52. The minimum absolute atomic E-state index is 0.0585. The molecule has 0 bridgehead atoms. The number of carbonyl (C=O) groups is 1. The molecule has 1 aromatic heterocycles. The number of rotatable bonds is 5. The van der Waals surface area contributed by atoms with Gasteiger partial charge < -0.3 is 0 Å². The second-order valence-corrected chi connectivity index (χ2v) is 7.97. The van der Waals surface area contributed by atoms with Crippen LogP contribution < -0.4 is 5.32 Å². The fourth-order valence-corrected chi connectivity index (χ4v) is 3.70. The second-order valence-electron chi connectivity index (χ2n) is 5.71. The van der Waals surface area contributed by atoms with Crippen molar-refractivity contribution < 1.29 is 13.2 Å². The molecule has 1 amide bonds. The maximum absolute atomic E-state index is 12.4. The van der Waals surface area contributed by atoms with Crippen LogP contribution >= 0.6 is 0 Å². The summed E-state index contributed by atoms with van der Waals surface area (Å²) in [5, 5.41) is 6.83. The summed E-state index contributed by atoms with van der Waals surface area (Å²) in [4.78, 5) is 16.4. The van der Waals surface area contributed by atoms with E-state index in [4.69, 9.17) is 0 Å². The summed E-state index contributed by atoms with van der Waals surface area (Å²) in [7, 11) is -3.25. The molecule has 0 radical (unpaired) electrons. The number of anilines is 1. The first-order valence-electron chi connectivity index (χ1n) is 7.53. The highest BCUT2D eigenvalue weighted by atomic mass is 32.2. The minimum Gasteiger partial charge on any atom is -0.294 e. The summed E-state index contributed by atoms with van der Waals surface area (Å²) in [6.07, 6.45) is 2.76. The highest BCUT2D eigenvalue weighted by molar-refractivity contribution is 7.89. The van der Waals surface area contributed by atoms with Crippen molar-refractivity contribution in [1.82, 2.24) is 19.1 Å². The summed E-state index contributed by atoms with van der Waals surface area (Å²) in [6.45, 7) is 6.23. The molecule has 2 rings (SSSR count). The molecule has 1 unspecified atom stereocenters. The maximum atomic E-state index is 12.4. The van der Waals surface area contributed by atoms with E-state index in [0.717, 1.165) is 0 Å². The Balaban J connectivity index is 2.05. The highest BCUT2D eigenvalue weighted by Crippen LogP contribution is 2.21. The molecule has 9 heteroatoms. The van der Waals surface area contributed by atoms with Crippen molar-refractivity contribution >= 4 is 21.9 Å². The molecule has 1 aliphatic heterocycles. The van der Waals surface area contributed by atoms with Gasteiger partial charge in [0.25, 0.3) is 0 Å². The third-order valence-electron chi connectivity index (χ3n) is 3.81. The van der Waals surface area contributed by atoms with Gasteiger partial charge in [-0.1, -0.05) is 0 Å². The first-order valence-corrected chi connectivity index (χ1v) is 9.14. The van der Waals surface area contributed by atoms with Crippen LogP contribution in [0.4, 0.5) is 5.95 Å². The van der Waals surface area contributed by atoms with E-state index in [2.05, 4.69) is 15.4 Å². The number of amides is 1. The topological polar surface area (TPSA) is 97.2 Å². The van der Waals surface area contributed by atoms with Gasteiger partial charge in [-0.05, 0) is 33.6 Å². The van der Waals surface area contributed by atoms with Crippen LogP contribution in [0.25, 0.3) is 0 Å². The van der Waals surface area contributed by atoms with Gasteiger partial charge in [-0.15, -0.1) is 0 Å². The van der Waals surface area contributed by atoms with Gasteiger partial charge in [-0.2, -0.15) is 10.1 Å². The summed E-state index contributed by atoms with van der Waals surface area (Å²) >= 11 is 0. The lowest BCUT2D eigenvalue weighted by molar-refractivity contribution is -0.120. The van der Waals surface area contributed by atoms with Crippen LogP contribution in [0.5, 0.6) is 0 Å². The number of carbonyl (C=O) groups excluding carboxylic acids is 1. The number of aromatic nitrogens is 3. The second kappa shape index (κ2) is 6.74. The average molecular weight is 329 g/mol. The van der Waals surface area contributed by atoms with E-state index >= 15 is 0 Å². The molecule has 2 heterocycles. The number of piperidine rings is 1. The molecule has 1 atom stereocenters. The number of hydrogen-bond donors (Lipinski definition) is 1. The number of nitrogens with one attached hydrogen (secondary N) is 1. The van der Waals surface area contributed by atoms with Gasteiger partial charge in [0.1, 0.15) is 6.33 Å². The molecule has 0 saturated carbocycles. The number of sulfonamides is 1. The predicted molar refractivity (Wildman–Crippen MR) is 82.8 cm³/mol. The van der Waals surface area contributed by atoms with Gasteiger partial charge >= 0.3 is 0 Å². The average Bonchev–Trinajstić information content (AvgIpc) is 2.95. The van der Waals surface area contributed by atoms with Crippen LogP contribution in [0.3, 0.4) is 0 Å². The Bertz CT molecular complexity index is 625. The Kier molecular flexibility index (Phi) is 5.17. The van der Waals surface area contributed by atoms with Crippen LogP contribution in [-0.2, 0) is 14.8 Å². The van der Waals surface area contributed by atoms with Gasteiger partial charge in [0.15, 0.2) is 0 Å². The third kappa shape index (κ3) is 3.64. The molecule has 1 N–H and O–H groups in total. The molecule has 0 spiro atoms. The summed E-state index contributed by atoms with van der Waals surface area (Å²) in [6, 6.07) is 0.0844. The molecule has 124 valence electrons. The monoisotopic (exact) mass is 329 g/mol. The molecule has 22 heavy (non-hydrogen) atoms. The summed E-state index contributed by atoms with van der Waals surface area (Å²) in [5.74, 6) is -0.100. The van der Waals surface area contributed by atoms with E-state index in [9.17, 15) is 13.2 Å². The van der Waals surface area contributed by atoms with Crippen LogP contribution in [0.15, 0.2) is 6.33 Å². The standard InChI is InChI=1S/C13H23N5O3S/c1-4-22(20,21)17-7-5-6-11(8-17)12(19)16-13-14-9-15-18(13)10(2)3/h9-11H,4-8H2,1-3H3,(H,14,15,16,19). The Labute approximate surface area is 130 Å². The molecule has 8 nitrogen and oxygen atoms in total. The molecule has 1 saturated heterocycles. The largest absolute Gasteiger partial charge is 0.294 e. The van der Waals surface area contributed by atoms with Gasteiger partial charge in [-0.3, -0.25) is 10.1 Å². The summed E-state index contributed by atoms with van der Waals surface area (Å²) < 4.78 is 26.9. The lowest BCUT2D eigenvalue weighted by Crippen LogP contribution is -2.44. The number of nitrogens with zero attached hydrogens (tertiary/aromatic N) is 4. The molecule has 0 aliphatic carbocycles. The van der Waals surface area contributed by atoms with Crippen LogP contribution in [0, 0.1) is 5.92 Å². The molecule has 0 aromatic carbocycles. The molecule has 1 aromatic rings. The first-order chi connectivity index (χ1) is 10.3. The van der Waals surface area contributed by atoms with Crippen LogP contribution in [0.1, 0.15) is 39.7 Å². The van der Waals surface area contributed by atoms with Gasteiger partial charge in [-0.25, -0.2) is 17.4 Å². The first kappa shape index (κ1) is 16.9. The van der Waals surface area contributed by atoms with E-state index in [1.54, 1.807) is 11.6 Å². The normalized spacial score (nSPS) is 20.3. The molecule has 1 fully saturated rings. The zero-order valence-electron chi connectivity index (χ0n) is 13.2. The van der Waals surface area contributed by atoms with Gasteiger partial charge in [0.05, 0.1) is 17.7 Å². The van der Waals surface area contributed by atoms with E-state index in [1.807, 2.05) is 13.8 Å². The van der Waals surface area contributed by atoms with Crippen molar-refractivity contribution in [2.45, 2.75) is 39.7 Å². The molecular formula is C13H23N5O3S. The van der Waals surface area contributed by atoms with E-state index in [-0.39, 0.29) is 30.2 Å². The molecular weight excluding hydrogens is 306 g/mol. The Morgan fingerprint density at radius 1 is 1.50 bits per heavy atom. The van der Waals surface area contributed by atoms with Crippen molar-refractivity contribution in [3.8, 4) is 0 Å². The molecule has 1 aliphatic rings. The van der Waals surface area contributed by atoms with Crippen molar-refractivity contribution in [2.24, 2.45) is 5.92 Å². The minimum atomic E-state index is -3.25. The van der Waals surface area contributed by atoms with Gasteiger partial charge in [0, 0.05) is 13.1 Å². The maximum Gasteiger partial charge on any atom is 0.231 e. The highest BCUT2D eigenvalue weighted by Gasteiger charge is 2.31. The fraction of sp³-hybridized carbons (Fsp3) is 0.769. The Morgan fingerprint density at radius 2 is 2.23 bits per heavy atom. The SMILES string of the molecule is CCS(=O)(=O)N1CCCC(C(=O)Nc2ncnn2C(C)C)C1. The quantitative estimate of drug-likeness (QED) is 0.864. The third-order valence-corrected chi connectivity index (χ3v) is 5.66. The lowest BCUT2D eigenvalue weighted by Gasteiger charge is -2.30. The van der Waals surface area contributed by atoms with Crippen molar-refractivity contribution in [2.75, 3.05) is 24.2 Å². The van der Waals surface area contributed by atoms with Crippen LogP contribution in [-0.4, -0.2) is 52.2 Å². The van der Waals surface area contributed by atoms with E-state index < -0.39 is 10.0 Å².